The van der Waals surface area contributed by atoms with Crippen LogP contribution in [0.5, 0.6) is 0 Å². The van der Waals surface area contributed by atoms with Crippen LogP contribution in [0.25, 0.3) is 0 Å². The molecule has 0 saturated carbocycles. The number of nitrogens with one attached hydrogen (secondary N) is 2. The Labute approximate surface area is 104 Å². The van der Waals surface area contributed by atoms with Gasteiger partial charge in [-0.15, -0.1) is 0 Å². The lowest BCUT2D eigenvalue weighted by atomic mass is 10.1. The van der Waals surface area contributed by atoms with Crippen molar-refractivity contribution in [2.24, 2.45) is 5.92 Å². The normalized spacial score (nSPS) is 18.9. The second kappa shape index (κ2) is 8.48. The smallest absolute Gasteiger partial charge is 0.220 e. The van der Waals surface area contributed by atoms with E-state index < -0.39 is 0 Å². The second-order valence-electron chi connectivity index (χ2n) is 4.89. The first-order valence-electron chi connectivity index (χ1n) is 6.81. The molecule has 0 aromatic rings. The van der Waals surface area contributed by atoms with Gasteiger partial charge in [-0.3, -0.25) is 4.79 Å². The zero-order chi connectivity index (χ0) is 12.5. The molecule has 4 nitrogen and oxygen atoms in total. The third-order valence-electron chi connectivity index (χ3n) is 3.29. The SMILES string of the molecule is CCC(C)CC(=O)NCCOC1CCNCC1. The number of hydrogen-bond acceptors (Lipinski definition) is 3. The predicted molar refractivity (Wildman–Crippen MR) is 68.9 cm³/mol. The van der Waals surface area contributed by atoms with E-state index in [1.54, 1.807) is 0 Å². The largest absolute Gasteiger partial charge is 0.376 e. The second-order valence-corrected chi connectivity index (χ2v) is 4.89. The number of amides is 1. The molecule has 1 amide bonds. The molecule has 0 aromatic carbocycles. The highest BCUT2D eigenvalue weighted by molar-refractivity contribution is 5.76. The Hall–Kier alpha value is -0.610. The van der Waals surface area contributed by atoms with Gasteiger partial charge in [-0.25, -0.2) is 0 Å². The lowest BCUT2D eigenvalue weighted by molar-refractivity contribution is -0.122. The zero-order valence-electron chi connectivity index (χ0n) is 11.1. The third kappa shape index (κ3) is 6.64. The van der Waals surface area contributed by atoms with Crippen molar-refractivity contribution < 1.29 is 9.53 Å². The number of rotatable bonds is 7. The fraction of sp³-hybridized carbons (Fsp3) is 0.923. The molecule has 1 saturated heterocycles. The number of carbonyl (C=O) groups excluding carboxylic acids is 1. The van der Waals surface area contributed by atoms with Gasteiger partial charge in [0.05, 0.1) is 12.7 Å². The van der Waals surface area contributed by atoms with Gasteiger partial charge in [0.25, 0.3) is 0 Å². The fourth-order valence-corrected chi connectivity index (χ4v) is 1.91. The highest BCUT2D eigenvalue weighted by Crippen LogP contribution is 2.07. The molecule has 2 N–H and O–H groups in total. The van der Waals surface area contributed by atoms with Crippen LogP contribution < -0.4 is 10.6 Å². The van der Waals surface area contributed by atoms with Gasteiger partial charge < -0.3 is 15.4 Å². The first-order valence-corrected chi connectivity index (χ1v) is 6.81. The first kappa shape index (κ1) is 14.5. The summed E-state index contributed by atoms with van der Waals surface area (Å²) in [7, 11) is 0. The summed E-state index contributed by atoms with van der Waals surface area (Å²) in [6.07, 6.45) is 4.23. The number of piperidine rings is 1. The van der Waals surface area contributed by atoms with E-state index in [-0.39, 0.29) is 5.91 Å². The predicted octanol–water partition coefficient (Wildman–Crippen LogP) is 1.31. The van der Waals surface area contributed by atoms with Crippen molar-refractivity contribution in [1.82, 2.24) is 10.6 Å². The quantitative estimate of drug-likeness (QED) is 0.662. The third-order valence-corrected chi connectivity index (χ3v) is 3.29. The molecule has 17 heavy (non-hydrogen) atoms. The monoisotopic (exact) mass is 242 g/mol. The minimum Gasteiger partial charge on any atom is -0.376 e. The number of carbonyl (C=O) groups is 1. The lowest BCUT2D eigenvalue weighted by Crippen LogP contribution is -2.35. The molecule has 100 valence electrons. The average molecular weight is 242 g/mol. The summed E-state index contributed by atoms with van der Waals surface area (Å²) in [6, 6.07) is 0. The van der Waals surface area contributed by atoms with Crippen molar-refractivity contribution in [3.63, 3.8) is 0 Å². The van der Waals surface area contributed by atoms with Crippen molar-refractivity contribution in [2.45, 2.75) is 45.6 Å². The van der Waals surface area contributed by atoms with Crippen LogP contribution in [0.4, 0.5) is 0 Å². The molecule has 1 unspecified atom stereocenters. The minimum absolute atomic E-state index is 0.147. The van der Waals surface area contributed by atoms with E-state index in [0.29, 0.717) is 31.6 Å². The maximum Gasteiger partial charge on any atom is 0.220 e. The Balaban J connectivity index is 1.97. The molecule has 0 spiro atoms. The van der Waals surface area contributed by atoms with E-state index in [0.717, 1.165) is 32.4 Å². The molecule has 0 aromatic heterocycles. The molecule has 0 aliphatic carbocycles. The summed E-state index contributed by atoms with van der Waals surface area (Å²) in [5.74, 6) is 0.619. The molecule has 0 bridgehead atoms. The maximum absolute atomic E-state index is 11.5. The van der Waals surface area contributed by atoms with Gasteiger partial charge in [0, 0.05) is 13.0 Å². The van der Waals surface area contributed by atoms with Gasteiger partial charge in [-0.1, -0.05) is 20.3 Å². The molecular formula is C13H26N2O2. The standard InChI is InChI=1S/C13H26N2O2/c1-3-11(2)10-13(16)15-8-9-17-12-4-6-14-7-5-12/h11-12,14H,3-10H2,1-2H3,(H,15,16). The highest BCUT2D eigenvalue weighted by atomic mass is 16.5. The van der Waals surface area contributed by atoms with Crippen LogP contribution in [0.1, 0.15) is 39.5 Å². The van der Waals surface area contributed by atoms with Crippen molar-refractivity contribution in [3.8, 4) is 0 Å². The van der Waals surface area contributed by atoms with Gasteiger partial charge >= 0.3 is 0 Å². The molecular weight excluding hydrogens is 216 g/mol. The molecule has 1 atom stereocenters. The maximum atomic E-state index is 11.5. The molecule has 1 heterocycles. The summed E-state index contributed by atoms with van der Waals surface area (Å²) >= 11 is 0. The lowest BCUT2D eigenvalue weighted by Gasteiger charge is -2.23. The van der Waals surface area contributed by atoms with Crippen molar-refractivity contribution >= 4 is 5.91 Å². The molecule has 1 fully saturated rings. The molecule has 1 rings (SSSR count). The van der Waals surface area contributed by atoms with Crippen molar-refractivity contribution in [3.05, 3.63) is 0 Å². The summed E-state index contributed by atoms with van der Waals surface area (Å²) in [4.78, 5) is 11.5. The summed E-state index contributed by atoms with van der Waals surface area (Å²) in [5, 5.41) is 6.21. The molecule has 4 heteroatoms. The van der Waals surface area contributed by atoms with Crippen LogP contribution in [-0.4, -0.2) is 38.3 Å². The van der Waals surface area contributed by atoms with Gasteiger partial charge in [0.15, 0.2) is 0 Å². The van der Waals surface area contributed by atoms with Crippen LogP contribution in [-0.2, 0) is 9.53 Å². The Morgan fingerprint density at radius 3 is 2.82 bits per heavy atom. The van der Waals surface area contributed by atoms with E-state index in [2.05, 4.69) is 24.5 Å². The molecule has 0 radical (unpaired) electrons. The summed E-state index contributed by atoms with van der Waals surface area (Å²) in [5.41, 5.74) is 0. The van der Waals surface area contributed by atoms with Gasteiger partial charge in [0.2, 0.25) is 5.91 Å². The fourth-order valence-electron chi connectivity index (χ4n) is 1.91. The van der Waals surface area contributed by atoms with Crippen molar-refractivity contribution in [2.75, 3.05) is 26.2 Å². The Morgan fingerprint density at radius 1 is 1.47 bits per heavy atom. The zero-order valence-corrected chi connectivity index (χ0v) is 11.1. The first-order chi connectivity index (χ1) is 8.22. The van der Waals surface area contributed by atoms with E-state index in [1.165, 1.54) is 0 Å². The van der Waals surface area contributed by atoms with Crippen molar-refractivity contribution in [1.29, 1.82) is 0 Å². The van der Waals surface area contributed by atoms with E-state index >= 15 is 0 Å². The molecule has 1 aliphatic heterocycles. The minimum atomic E-state index is 0.147. The Bertz CT molecular complexity index is 215. The van der Waals surface area contributed by atoms with Gasteiger partial charge in [-0.05, 0) is 31.8 Å². The Kier molecular flexibility index (Phi) is 7.21. The van der Waals surface area contributed by atoms with Crippen LogP contribution in [0.3, 0.4) is 0 Å². The average Bonchev–Trinajstić information content (AvgIpc) is 2.36. The van der Waals surface area contributed by atoms with Crippen LogP contribution in [0.2, 0.25) is 0 Å². The van der Waals surface area contributed by atoms with Gasteiger partial charge in [-0.2, -0.15) is 0 Å². The van der Waals surface area contributed by atoms with E-state index in [1.807, 2.05) is 0 Å². The van der Waals surface area contributed by atoms with Crippen LogP contribution in [0.15, 0.2) is 0 Å². The number of hydrogen-bond donors (Lipinski definition) is 2. The molecule has 1 aliphatic rings. The summed E-state index contributed by atoms with van der Waals surface area (Å²) < 4.78 is 5.71. The number of ether oxygens (including phenoxy) is 1. The van der Waals surface area contributed by atoms with Crippen LogP contribution in [0, 0.1) is 5.92 Å². The topological polar surface area (TPSA) is 50.4 Å². The van der Waals surface area contributed by atoms with E-state index in [4.69, 9.17) is 4.74 Å². The summed E-state index contributed by atoms with van der Waals surface area (Å²) in [6.45, 7) is 7.58. The Morgan fingerprint density at radius 2 is 2.18 bits per heavy atom. The highest BCUT2D eigenvalue weighted by Gasteiger charge is 2.13. The van der Waals surface area contributed by atoms with Crippen LogP contribution >= 0.6 is 0 Å². The van der Waals surface area contributed by atoms with E-state index in [9.17, 15) is 4.79 Å². The van der Waals surface area contributed by atoms with Gasteiger partial charge in [0.1, 0.15) is 0 Å².